The second-order valence-corrected chi connectivity index (χ2v) is 4.98. The van der Waals surface area contributed by atoms with Crippen LogP contribution in [0, 0.1) is 12.8 Å². The first-order valence-electron chi connectivity index (χ1n) is 6.31. The van der Waals surface area contributed by atoms with Gasteiger partial charge in [0.15, 0.2) is 0 Å². The molecular weight excluding hydrogens is 228 g/mol. The smallest absolute Gasteiger partial charge is 0.254 e. The predicted molar refractivity (Wildman–Crippen MR) is 69.5 cm³/mol. The van der Waals surface area contributed by atoms with Crippen LogP contribution in [0.5, 0.6) is 0 Å². The number of aryl methyl sites for hydroxylation is 1. The number of nitrogens with two attached hydrogens (primary N) is 1. The molecule has 1 fully saturated rings. The van der Waals surface area contributed by atoms with E-state index in [2.05, 4.69) is 27.0 Å². The van der Waals surface area contributed by atoms with Crippen molar-refractivity contribution in [3.63, 3.8) is 0 Å². The van der Waals surface area contributed by atoms with Crippen LogP contribution in [0.3, 0.4) is 0 Å². The summed E-state index contributed by atoms with van der Waals surface area (Å²) >= 11 is 0. The van der Waals surface area contributed by atoms with Crippen molar-refractivity contribution < 1.29 is 0 Å². The third-order valence-corrected chi connectivity index (χ3v) is 3.63. The molecule has 1 unspecified atom stereocenters. The van der Waals surface area contributed by atoms with E-state index in [1.165, 1.54) is 19.2 Å². The van der Waals surface area contributed by atoms with Gasteiger partial charge in [0.05, 0.1) is 0 Å². The van der Waals surface area contributed by atoms with E-state index in [1.807, 2.05) is 13.0 Å². The number of hydrogen-bond acceptors (Lipinski definition) is 5. The average Bonchev–Trinajstić information content (AvgIpc) is 3.06. The largest absolute Gasteiger partial charge is 0.355 e. The molecule has 1 aliphatic rings. The number of rotatable bonds is 4. The Bertz CT molecular complexity index is 559. The van der Waals surface area contributed by atoms with Crippen LogP contribution >= 0.6 is 0 Å². The molecule has 0 bridgehead atoms. The van der Waals surface area contributed by atoms with Crippen molar-refractivity contribution in [2.75, 3.05) is 18.5 Å². The number of hydrogen-bond donors (Lipinski definition) is 1. The fourth-order valence-corrected chi connectivity index (χ4v) is 2.48. The minimum Gasteiger partial charge on any atom is -0.355 e. The number of fused-ring (bicyclic) bond motifs is 1. The van der Waals surface area contributed by atoms with Gasteiger partial charge in [0.1, 0.15) is 12.1 Å². The Balaban J connectivity index is 2.03. The Morgan fingerprint density at radius 1 is 1.56 bits per heavy atom. The highest BCUT2D eigenvalue weighted by atomic mass is 15.4. The molecule has 0 amide bonds. The van der Waals surface area contributed by atoms with Crippen molar-refractivity contribution in [2.24, 2.45) is 11.7 Å². The van der Waals surface area contributed by atoms with Crippen LogP contribution in [0.15, 0.2) is 12.4 Å². The summed E-state index contributed by atoms with van der Waals surface area (Å²) in [4.78, 5) is 10.7. The van der Waals surface area contributed by atoms with E-state index in [4.69, 9.17) is 5.73 Å². The van der Waals surface area contributed by atoms with Gasteiger partial charge in [0, 0.05) is 31.4 Å². The topological polar surface area (TPSA) is 72.3 Å². The molecule has 0 aliphatic heterocycles. The van der Waals surface area contributed by atoms with E-state index in [9.17, 15) is 0 Å². The van der Waals surface area contributed by atoms with E-state index in [1.54, 1.807) is 4.52 Å². The van der Waals surface area contributed by atoms with Crippen molar-refractivity contribution in [1.82, 2.24) is 19.6 Å². The number of likely N-dealkylation sites (N-methyl/N-ethyl adjacent to an activating group) is 1. The monoisotopic (exact) mass is 246 g/mol. The summed E-state index contributed by atoms with van der Waals surface area (Å²) in [5.74, 6) is 2.37. The van der Waals surface area contributed by atoms with Gasteiger partial charge in [-0.15, -0.1) is 0 Å². The van der Waals surface area contributed by atoms with Gasteiger partial charge in [0.2, 0.25) is 0 Å². The van der Waals surface area contributed by atoms with Gasteiger partial charge >= 0.3 is 0 Å². The molecule has 1 aliphatic carbocycles. The fourth-order valence-electron chi connectivity index (χ4n) is 2.48. The molecule has 0 spiro atoms. The van der Waals surface area contributed by atoms with Gasteiger partial charge in [-0.1, -0.05) is 0 Å². The van der Waals surface area contributed by atoms with Crippen LogP contribution in [0.25, 0.3) is 5.78 Å². The Morgan fingerprint density at radius 2 is 2.33 bits per heavy atom. The standard InChI is InChI=1S/C12H18N6/c1-8-5-11(18-12(16-8)14-7-15-18)17(2)10(6-13)9-3-4-9/h5,7,9-10H,3-4,6,13H2,1-2H3. The molecule has 18 heavy (non-hydrogen) atoms. The third-order valence-electron chi connectivity index (χ3n) is 3.63. The highest BCUT2D eigenvalue weighted by molar-refractivity contribution is 5.47. The maximum absolute atomic E-state index is 5.91. The van der Waals surface area contributed by atoms with E-state index < -0.39 is 0 Å². The van der Waals surface area contributed by atoms with Crippen LogP contribution in [0.4, 0.5) is 5.82 Å². The molecule has 2 heterocycles. The predicted octanol–water partition coefficient (Wildman–Crippen LogP) is 0.606. The highest BCUT2D eigenvalue weighted by Crippen LogP contribution is 2.36. The molecule has 0 aromatic carbocycles. The van der Waals surface area contributed by atoms with Gasteiger partial charge in [-0.25, -0.2) is 4.98 Å². The van der Waals surface area contributed by atoms with Crippen LogP contribution in [-0.2, 0) is 0 Å². The lowest BCUT2D eigenvalue weighted by Crippen LogP contribution is -2.40. The molecule has 96 valence electrons. The minimum absolute atomic E-state index is 0.374. The van der Waals surface area contributed by atoms with Crippen molar-refractivity contribution >= 4 is 11.6 Å². The average molecular weight is 246 g/mol. The lowest BCUT2D eigenvalue weighted by atomic mass is 10.1. The van der Waals surface area contributed by atoms with E-state index >= 15 is 0 Å². The molecule has 1 saturated carbocycles. The van der Waals surface area contributed by atoms with E-state index in [0.29, 0.717) is 24.3 Å². The summed E-state index contributed by atoms with van der Waals surface area (Å²) in [7, 11) is 2.08. The second kappa shape index (κ2) is 4.20. The summed E-state index contributed by atoms with van der Waals surface area (Å²) in [5, 5.41) is 4.24. The summed E-state index contributed by atoms with van der Waals surface area (Å²) in [6.07, 6.45) is 4.08. The molecule has 6 heteroatoms. The normalized spacial score (nSPS) is 17.1. The number of aromatic nitrogens is 4. The first kappa shape index (κ1) is 11.4. The molecule has 1 atom stereocenters. The van der Waals surface area contributed by atoms with Gasteiger partial charge in [-0.05, 0) is 25.7 Å². The fraction of sp³-hybridized carbons (Fsp3) is 0.583. The van der Waals surface area contributed by atoms with Crippen molar-refractivity contribution in [2.45, 2.75) is 25.8 Å². The number of anilines is 1. The van der Waals surface area contributed by atoms with Crippen LogP contribution < -0.4 is 10.6 Å². The molecule has 0 radical (unpaired) electrons. The second-order valence-electron chi connectivity index (χ2n) is 4.98. The van der Waals surface area contributed by atoms with Crippen LogP contribution in [0.1, 0.15) is 18.5 Å². The SMILES string of the molecule is Cc1cc(N(C)C(CN)C2CC2)n2ncnc2n1. The summed E-state index contributed by atoms with van der Waals surface area (Å²) in [5.41, 5.74) is 6.85. The van der Waals surface area contributed by atoms with Gasteiger partial charge < -0.3 is 10.6 Å². The molecule has 2 aromatic heterocycles. The molecule has 2 N–H and O–H groups in total. The third kappa shape index (κ3) is 1.82. The Morgan fingerprint density at radius 3 is 3.00 bits per heavy atom. The zero-order valence-electron chi connectivity index (χ0n) is 10.7. The van der Waals surface area contributed by atoms with Gasteiger partial charge in [-0.3, -0.25) is 0 Å². The lowest BCUT2D eigenvalue weighted by molar-refractivity contribution is 0.561. The minimum atomic E-state index is 0.374. The van der Waals surface area contributed by atoms with Crippen molar-refractivity contribution in [1.29, 1.82) is 0 Å². The quantitative estimate of drug-likeness (QED) is 0.855. The van der Waals surface area contributed by atoms with Crippen LogP contribution in [0.2, 0.25) is 0 Å². The zero-order valence-corrected chi connectivity index (χ0v) is 10.7. The molecule has 0 saturated heterocycles. The van der Waals surface area contributed by atoms with E-state index in [-0.39, 0.29) is 0 Å². The maximum Gasteiger partial charge on any atom is 0.254 e. The molecule has 6 nitrogen and oxygen atoms in total. The Labute approximate surface area is 106 Å². The van der Waals surface area contributed by atoms with Crippen LogP contribution in [-0.4, -0.2) is 39.2 Å². The molecular formula is C12H18N6. The Hall–Kier alpha value is -1.69. The highest BCUT2D eigenvalue weighted by Gasteiger charge is 2.33. The van der Waals surface area contributed by atoms with Gasteiger partial charge in [0.25, 0.3) is 5.78 Å². The van der Waals surface area contributed by atoms with Crippen molar-refractivity contribution in [3.05, 3.63) is 18.1 Å². The first-order chi connectivity index (χ1) is 8.70. The lowest BCUT2D eigenvalue weighted by Gasteiger charge is -2.29. The summed E-state index contributed by atoms with van der Waals surface area (Å²) in [6, 6.07) is 2.41. The van der Waals surface area contributed by atoms with E-state index in [0.717, 1.165) is 11.5 Å². The Kier molecular flexibility index (Phi) is 2.66. The first-order valence-corrected chi connectivity index (χ1v) is 6.31. The zero-order chi connectivity index (χ0) is 12.7. The van der Waals surface area contributed by atoms with Crippen molar-refractivity contribution in [3.8, 4) is 0 Å². The summed E-state index contributed by atoms with van der Waals surface area (Å²) in [6.45, 7) is 2.64. The molecule has 3 rings (SSSR count). The summed E-state index contributed by atoms with van der Waals surface area (Å²) < 4.78 is 1.78. The maximum atomic E-state index is 5.91. The number of nitrogens with zero attached hydrogens (tertiary/aromatic N) is 5. The van der Waals surface area contributed by atoms with Gasteiger partial charge in [-0.2, -0.15) is 14.6 Å². The molecule has 2 aromatic rings.